The Morgan fingerprint density at radius 3 is 2.37 bits per heavy atom. The van der Waals surface area contributed by atoms with E-state index in [0.29, 0.717) is 5.92 Å². The van der Waals surface area contributed by atoms with Crippen LogP contribution in [0.5, 0.6) is 0 Å². The molecular weight excluding hydrogens is 388 g/mol. The second-order valence-corrected chi connectivity index (χ2v) is 14.7. The monoisotopic (exact) mass is 436 g/mol. The summed E-state index contributed by atoms with van der Waals surface area (Å²) in [6.45, 7) is 13.9. The van der Waals surface area contributed by atoms with Gasteiger partial charge in [-0.1, -0.05) is 65.3 Å². The molecule has 2 rings (SSSR count). The molecule has 2 N–H and O–H groups in total. The van der Waals surface area contributed by atoms with Crippen LogP contribution in [0.25, 0.3) is 0 Å². The predicted molar refractivity (Wildman–Crippen MR) is 130 cm³/mol. The second-order valence-electron chi connectivity index (χ2n) is 10.0. The maximum Gasteiger partial charge on any atom is 0.193 e. The molecule has 0 aliphatic heterocycles. The fourth-order valence-corrected chi connectivity index (χ4v) is 9.35. The standard InChI is InChI=1S/C26H48O3Si/c1-7-26(8-2,29-30(9-3,10-4)11-5)19-12-14-21(20-27)22-16-17-23-24(28)15-13-18-25(22,23)6/h12,16,19,21,23-24,27-28H,7-11,13-15,17-18,20H2,1-6H3/b19-12+/t21-,23+,24+,25-/m1/s1. The maximum absolute atomic E-state index is 10.5. The van der Waals surface area contributed by atoms with Crippen molar-refractivity contribution in [2.24, 2.45) is 17.3 Å². The lowest BCUT2D eigenvalue weighted by atomic mass is 9.63. The fourth-order valence-electron chi connectivity index (χ4n) is 6.19. The topological polar surface area (TPSA) is 49.7 Å². The van der Waals surface area contributed by atoms with Gasteiger partial charge < -0.3 is 14.6 Å². The van der Waals surface area contributed by atoms with E-state index in [1.165, 1.54) is 23.7 Å². The quantitative estimate of drug-likeness (QED) is 0.267. The van der Waals surface area contributed by atoms with Crippen LogP contribution in [0.15, 0.2) is 23.8 Å². The van der Waals surface area contributed by atoms with E-state index in [-0.39, 0.29) is 29.6 Å². The van der Waals surface area contributed by atoms with Crippen LogP contribution in [0.3, 0.4) is 0 Å². The van der Waals surface area contributed by atoms with Crippen LogP contribution in [0.4, 0.5) is 0 Å². The summed E-state index contributed by atoms with van der Waals surface area (Å²) in [6.07, 6.45) is 13.7. The first-order valence-electron chi connectivity index (χ1n) is 12.7. The summed E-state index contributed by atoms with van der Waals surface area (Å²) in [5, 5.41) is 20.8. The zero-order valence-electron chi connectivity index (χ0n) is 20.5. The molecule has 0 amide bonds. The molecule has 0 unspecified atom stereocenters. The largest absolute Gasteiger partial charge is 0.408 e. The molecule has 0 aromatic carbocycles. The molecule has 2 aliphatic carbocycles. The maximum atomic E-state index is 10.5. The third-order valence-corrected chi connectivity index (χ3v) is 13.5. The van der Waals surface area contributed by atoms with E-state index in [4.69, 9.17) is 4.43 Å². The number of aliphatic hydroxyl groups is 2. The van der Waals surface area contributed by atoms with Gasteiger partial charge in [0.25, 0.3) is 0 Å². The molecule has 0 bridgehead atoms. The Morgan fingerprint density at radius 2 is 1.83 bits per heavy atom. The van der Waals surface area contributed by atoms with E-state index in [1.807, 2.05) is 0 Å². The van der Waals surface area contributed by atoms with Crippen molar-refractivity contribution in [1.82, 2.24) is 0 Å². The Labute approximate surface area is 187 Å². The van der Waals surface area contributed by atoms with Gasteiger partial charge in [-0.05, 0) is 74.4 Å². The highest BCUT2D eigenvalue weighted by Gasteiger charge is 2.48. The summed E-state index contributed by atoms with van der Waals surface area (Å²) in [7, 11) is -1.69. The highest BCUT2D eigenvalue weighted by molar-refractivity contribution is 6.73. The Morgan fingerprint density at radius 1 is 1.20 bits per heavy atom. The lowest BCUT2D eigenvalue weighted by Gasteiger charge is -2.43. The molecule has 0 saturated heterocycles. The lowest BCUT2D eigenvalue weighted by molar-refractivity contribution is 0.00601. The first-order valence-corrected chi connectivity index (χ1v) is 15.2. The van der Waals surface area contributed by atoms with Gasteiger partial charge in [-0.15, -0.1) is 0 Å². The van der Waals surface area contributed by atoms with E-state index >= 15 is 0 Å². The van der Waals surface area contributed by atoms with Crippen molar-refractivity contribution < 1.29 is 14.6 Å². The zero-order chi connectivity index (χ0) is 22.4. The molecular formula is C26H48O3Si. The Balaban J connectivity index is 2.15. The normalized spacial score (nSPS) is 28.6. The van der Waals surface area contributed by atoms with Gasteiger partial charge in [0.05, 0.1) is 11.7 Å². The third kappa shape index (κ3) is 5.14. The molecule has 0 heterocycles. The van der Waals surface area contributed by atoms with Crippen LogP contribution < -0.4 is 0 Å². The summed E-state index contributed by atoms with van der Waals surface area (Å²) in [5.41, 5.74) is 1.26. The average Bonchev–Trinajstić information content (AvgIpc) is 3.12. The molecule has 1 fully saturated rings. The molecule has 30 heavy (non-hydrogen) atoms. The van der Waals surface area contributed by atoms with E-state index in [9.17, 15) is 10.2 Å². The number of fused-ring (bicyclic) bond motifs is 1. The van der Waals surface area contributed by atoms with Crippen molar-refractivity contribution in [2.45, 2.75) is 116 Å². The summed E-state index contributed by atoms with van der Waals surface area (Å²) in [5.74, 6) is 0.483. The smallest absolute Gasteiger partial charge is 0.193 e. The van der Waals surface area contributed by atoms with E-state index in [2.05, 4.69) is 59.8 Å². The minimum atomic E-state index is -1.69. The van der Waals surface area contributed by atoms with Crippen LogP contribution in [0.1, 0.15) is 86.5 Å². The molecule has 4 heteroatoms. The van der Waals surface area contributed by atoms with Crippen molar-refractivity contribution in [3.63, 3.8) is 0 Å². The minimum Gasteiger partial charge on any atom is -0.408 e. The molecule has 2 aliphatic rings. The van der Waals surface area contributed by atoms with Crippen molar-refractivity contribution in [2.75, 3.05) is 6.61 Å². The van der Waals surface area contributed by atoms with Gasteiger partial charge in [0.2, 0.25) is 0 Å². The van der Waals surface area contributed by atoms with Gasteiger partial charge in [0.15, 0.2) is 8.32 Å². The molecule has 0 radical (unpaired) electrons. The molecule has 1 saturated carbocycles. The lowest BCUT2D eigenvalue weighted by Crippen LogP contribution is -2.46. The summed E-state index contributed by atoms with van der Waals surface area (Å²) in [4.78, 5) is 0. The highest BCUT2D eigenvalue weighted by atomic mass is 28.4. The van der Waals surface area contributed by atoms with Crippen molar-refractivity contribution in [3.8, 4) is 0 Å². The minimum absolute atomic E-state index is 0.0523. The summed E-state index contributed by atoms with van der Waals surface area (Å²) in [6, 6.07) is 3.51. The van der Waals surface area contributed by atoms with E-state index in [1.54, 1.807) is 0 Å². The first-order chi connectivity index (χ1) is 14.3. The van der Waals surface area contributed by atoms with Crippen LogP contribution in [0, 0.1) is 17.3 Å². The van der Waals surface area contributed by atoms with Gasteiger partial charge in [0.1, 0.15) is 0 Å². The Hall–Kier alpha value is -0.423. The number of hydrogen-bond acceptors (Lipinski definition) is 3. The van der Waals surface area contributed by atoms with E-state index < -0.39 is 8.32 Å². The summed E-state index contributed by atoms with van der Waals surface area (Å²) >= 11 is 0. The summed E-state index contributed by atoms with van der Waals surface area (Å²) < 4.78 is 6.97. The van der Waals surface area contributed by atoms with Gasteiger partial charge in [0, 0.05) is 12.5 Å². The van der Waals surface area contributed by atoms with Gasteiger partial charge >= 0.3 is 0 Å². The third-order valence-electron chi connectivity index (χ3n) is 8.78. The molecule has 0 aromatic rings. The van der Waals surface area contributed by atoms with Crippen molar-refractivity contribution in [1.29, 1.82) is 0 Å². The van der Waals surface area contributed by atoms with Crippen molar-refractivity contribution in [3.05, 3.63) is 23.8 Å². The number of rotatable bonds is 12. The second kappa shape index (κ2) is 10.9. The van der Waals surface area contributed by atoms with Gasteiger partial charge in [-0.3, -0.25) is 0 Å². The molecule has 3 nitrogen and oxygen atoms in total. The number of hydrogen-bond donors (Lipinski definition) is 2. The SMILES string of the molecule is CCC(/C=C/C[C@H](CO)C1=CC[C@H]2[C@@H](O)CCC[C@]12C)(CC)O[Si](CC)(CC)CC. The molecule has 174 valence electrons. The average molecular weight is 437 g/mol. The fraction of sp³-hybridized carbons (Fsp3) is 0.846. The van der Waals surface area contributed by atoms with Gasteiger partial charge in [-0.2, -0.15) is 0 Å². The molecule has 0 aromatic heterocycles. The van der Waals surface area contributed by atoms with Crippen LogP contribution in [-0.2, 0) is 4.43 Å². The van der Waals surface area contributed by atoms with Crippen LogP contribution >= 0.6 is 0 Å². The number of aliphatic hydroxyl groups excluding tert-OH is 2. The molecule has 4 atom stereocenters. The van der Waals surface area contributed by atoms with Crippen LogP contribution in [-0.4, -0.2) is 36.8 Å². The van der Waals surface area contributed by atoms with Crippen LogP contribution in [0.2, 0.25) is 18.1 Å². The van der Waals surface area contributed by atoms with Gasteiger partial charge in [-0.25, -0.2) is 0 Å². The number of allylic oxidation sites excluding steroid dienone is 2. The Kier molecular flexibility index (Phi) is 9.42. The van der Waals surface area contributed by atoms with E-state index in [0.717, 1.165) is 44.9 Å². The predicted octanol–water partition coefficient (Wildman–Crippen LogP) is 6.62. The van der Waals surface area contributed by atoms with Crippen molar-refractivity contribution >= 4 is 8.32 Å². The Bertz CT molecular complexity index is 583. The molecule has 0 spiro atoms. The highest BCUT2D eigenvalue weighted by Crippen LogP contribution is 2.55. The zero-order valence-corrected chi connectivity index (χ0v) is 21.5. The first kappa shape index (κ1) is 25.8.